The molecule has 0 N–H and O–H groups in total. The molecule has 8 nitrogen and oxygen atoms in total. The Bertz CT molecular complexity index is 892. The summed E-state index contributed by atoms with van der Waals surface area (Å²) in [7, 11) is 1.91. The SMILES string of the molecule is CN(c1ccccc1)c1nncc(N2CCN(C(=O)c3ccco3)CC2)n1. The molecule has 138 valence electrons. The van der Waals surface area contributed by atoms with Crippen LogP contribution in [0.15, 0.2) is 59.3 Å². The van der Waals surface area contributed by atoms with Crippen molar-refractivity contribution in [3.8, 4) is 0 Å². The highest BCUT2D eigenvalue weighted by atomic mass is 16.3. The fourth-order valence-corrected chi connectivity index (χ4v) is 3.04. The van der Waals surface area contributed by atoms with Crippen LogP contribution in [-0.4, -0.2) is 59.2 Å². The van der Waals surface area contributed by atoms with Crippen LogP contribution < -0.4 is 9.80 Å². The van der Waals surface area contributed by atoms with Gasteiger partial charge in [-0.25, -0.2) is 0 Å². The van der Waals surface area contributed by atoms with Gasteiger partial charge >= 0.3 is 0 Å². The highest BCUT2D eigenvalue weighted by Crippen LogP contribution is 2.21. The van der Waals surface area contributed by atoms with E-state index in [-0.39, 0.29) is 5.91 Å². The van der Waals surface area contributed by atoms with Gasteiger partial charge in [0.1, 0.15) is 0 Å². The van der Waals surface area contributed by atoms with Gasteiger partial charge in [-0.2, -0.15) is 10.1 Å². The smallest absolute Gasteiger partial charge is 0.289 e. The van der Waals surface area contributed by atoms with Crippen LogP contribution >= 0.6 is 0 Å². The van der Waals surface area contributed by atoms with Crippen molar-refractivity contribution >= 4 is 23.4 Å². The van der Waals surface area contributed by atoms with Crippen molar-refractivity contribution in [2.75, 3.05) is 43.0 Å². The molecule has 1 aromatic carbocycles. The summed E-state index contributed by atoms with van der Waals surface area (Å²) in [4.78, 5) is 22.8. The summed E-state index contributed by atoms with van der Waals surface area (Å²) < 4.78 is 5.20. The number of hydrogen-bond donors (Lipinski definition) is 0. The zero-order valence-electron chi connectivity index (χ0n) is 15.0. The van der Waals surface area contributed by atoms with Gasteiger partial charge in [0.05, 0.1) is 12.5 Å². The third kappa shape index (κ3) is 3.59. The molecule has 1 aliphatic heterocycles. The van der Waals surface area contributed by atoms with E-state index in [4.69, 9.17) is 4.42 Å². The fraction of sp³-hybridized carbons (Fsp3) is 0.263. The third-order valence-electron chi connectivity index (χ3n) is 4.60. The Labute approximate surface area is 157 Å². The van der Waals surface area contributed by atoms with Crippen LogP contribution in [0.4, 0.5) is 17.5 Å². The van der Waals surface area contributed by atoms with E-state index in [1.54, 1.807) is 23.2 Å². The predicted molar refractivity (Wildman–Crippen MR) is 101 cm³/mol. The van der Waals surface area contributed by atoms with Crippen LogP contribution in [0.2, 0.25) is 0 Å². The molecule has 0 bridgehead atoms. The van der Waals surface area contributed by atoms with Crippen LogP contribution in [-0.2, 0) is 0 Å². The summed E-state index contributed by atoms with van der Waals surface area (Å²) in [6.07, 6.45) is 3.17. The van der Waals surface area contributed by atoms with Crippen LogP contribution in [0.5, 0.6) is 0 Å². The summed E-state index contributed by atoms with van der Waals surface area (Å²) in [5.74, 6) is 1.59. The molecule has 1 saturated heterocycles. The molecule has 4 rings (SSSR count). The number of nitrogens with zero attached hydrogens (tertiary/aromatic N) is 6. The molecule has 0 unspecified atom stereocenters. The molecule has 0 aliphatic carbocycles. The highest BCUT2D eigenvalue weighted by Gasteiger charge is 2.25. The number of carbonyl (C=O) groups excluding carboxylic acids is 1. The number of hydrogen-bond acceptors (Lipinski definition) is 7. The number of aromatic nitrogens is 3. The molecule has 0 saturated carbocycles. The number of piperazine rings is 1. The summed E-state index contributed by atoms with van der Waals surface area (Å²) in [5, 5.41) is 8.26. The first-order valence-corrected chi connectivity index (χ1v) is 8.78. The number of para-hydroxylation sites is 1. The molecule has 2 aromatic heterocycles. The lowest BCUT2D eigenvalue weighted by Crippen LogP contribution is -2.49. The first kappa shape index (κ1) is 17.0. The van der Waals surface area contributed by atoms with Crippen molar-refractivity contribution < 1.29 is 9.21 Å². The zero-order chi connectivity index (χ0) is 18.6. The molecular weight excluding hydrogens is 344 g/mol. The summed E-state index contributed by atoms with van der Waals surface area (Å²) in [5.41, 5.74) is 0.991. The zero-order valence-corrected chi connectivity index (χ0v) is 15.0. The Balaban J connectivity index is 1.44. The molecule has 1 amide bonds. The van der Waals surface area contributed by atoms with E-state index in [9.17, 15) is 4.79 Å². The van der Waals surface area contributed by atoms with Crippen LogP contribution in [0.1, 0.15) is 10.6 Å². The Morgan fingerprint density at radius 1 is 1.07 bits per heavy atom. The lowest BCUT2D eigenvalue weighted by atomic mass is 10.3. The van der Waals surface area contributed by atoms with Crippen LogP contribution in [0, 0.1) is 0 Å². The number of amides is 1. The van der Waals surface area contributed by atoms with Gasteiger partial charge in [0.15, 0.2) is 11.6 Å². The first-order valence-electron chi connectivity index (χ1n) is 8.78. The largest absolute Gasteiger partial charge is 0.459 e. The second kappa shape index (κ2) is 7.45. The predicted octanol–water partition coefficient (Wildman–Crippen LogP) is 2.19. The maximum atomic E-state index is 12.4. The Hall–Kier alpha value is -3.42. The summed E-state index contributed by atoms with van der Waals surface area (Å²) in [6, 6.07) is 13.3. The van der Waals surface area contributed by atoms with Gasteiger partial charge in [0, 0.05) is 38.9 Å². The third-order valence-corrected chi connectivity index (χ3v) is 4.60. The molecule has 3 aromatic rings. The van der Waals surface area contributed by atoms with E-state index >= 15 is 0 Å². The molecule has 1 aliphatic rings. The van der Waals surface area contributed by atoms with Crippen molar-refractivity contribution in [3.63, 3.8) is 0 Å². The normalized spacial score (nSPS) is 14.3. The van der Waals surface area contributed by atoms with E-state index in [1.165, 1.54) is 6.26 Å². The maximum Gasteiger partial charge on any atom is 0.289 e. The lowest BCUT2D eigenvalue weighted by molar-refractivity contribution is 0.0714. The minimum Gasteiger partial charge on any atom is -0.459 e. The van der Waals surface area contributed by atoms with Crippen molar-refractivity contribution in [3.05, 3.63) is 60.7 Å². The Morgan fingerprint density at radius 3 is 2.56 bits per heavy atom. The highest BCUT2D eigenvalue weighted by molar-refractivity contribution is 5.91. The molecular formula is C19H20N6O2. The lowest BCUT2D eigenvalue weighted by Gasteiger charge is -2.35. The van der Waals surface area contributed by atoms with Gasteiger partial charge in [0.2, 0.25) is 0 Å². The topological polar surface area (TPSA) is 78.6 Å². The minimum atomic E-state index is -0.0787. The second-order valence-corrected chi connectivity index (χ2v) is 6.27. The standard InChI is InChI=1S/C19H20N6O2/c1-23(15-6-3-2-4-7-15)19-21-17(14-20-22-19)24-9-11-25(12-10-24)18(26)16-8-5-13-27-16/h2-8,13-14H,9-12H2,1H3. The average molecular weight is 364 g/mol. The van der Waals surface area contributed by atoms with Gasteiger partial charge in [0.25, 0.3) is 11.9 Å². The van der Waals surface area contributed by atoms with E-state index < -0.39 is 0 Å². The van der Waals surface area contributed by atoms with Crippen LogP contribution in [0.3, 0.4) is 0 Å². The maximum absolute atomic E-state index is 12.4. The number of benzene rings is 1. The first-order chi connectivity index (χ1) is 13.2. The van der Waals surface area contributed by atoms with E-state index in [1.807, 2.05) is 42.3 Å². The molecule has 0 spiro atoms. The minimum absolute atomic E-state index is 0.0787. The van der Waals surface area contributed by atoms with Gasteiger partial charge in [-0.3, -0.25) is 4.79 Å². The van der Waals surface area contributed by atoms with Crippen molar-refractivity contribution in [2.45, 2.75) is 0 Å². The van der Waals surface area contributed by atoms with Crippen LogP contribution in [0.25, 0.3) is 0 Å². The number of carbonyl (C=O) groups is 1. The summed E-state index contributed by atoms with van der Waals surface area (Å²) >= 11 is 0. The molecule has 0 radical (unpaired) electrons. The van der Waals surface area contributed by atoms with Gasteiger partial charge in [-0.15, -0.1) is 5.10 Å². The number of furan rings is 1. The molecule has 8 heteroatoms. The van der Waals surface area contributed by atoms with E-state index in [0.29, 0.717) is 37.9 Å². The fourth-order valence-electron chi connectivity index (χ4n) is 3.04. The molecule has 3 heterocycles. The Kier molecular flexibility index (Phi) is 4.69. The second-order valence-electron chi connectivity index (χ2n) is 6.27. The van der Waals surface area contributed by atoms with E-state index in [2.05, 4.69) is 20.1 Å². The van der Waals surface area contributed by atoms with Gasteiger partial charge in [-0.05, 0) is 24.3 Å². The number of rotatable bonds is 4. The van der Waals surface area contributed by atoms with E-state index in [0.717, 1.165) is 11.5 Å². The van der Waals surface area contributed by atoms with Crippen molar-refractivity contribution in [2.24, 2.45) is 0 Å². The average Bonchev–Trinajstić information content (AvgIpc) is 3.28. The van der Waals surface area contributed by atoms with Crippen molar-refractivity contribution in [1.82, 2.24) is 20.1 Å². The van der Waals surface area contributed by atoms with Gasteiger partial charge in [-0.1, -0.05) is 18.2 Å². The molecule has 27 heavy (non-hydrogen) atoms. The van der Waals surface area contributed by atoms with Gasteiger partial charge < -0.3 is 19.1 Å². The molecule has 1 fully saturated rings. The summed E-state index contributed by atoms with van der Waals surface area (Å²) in [6.45, 7) is 2.57. The molecule has 0 atom stereocenters. The van der Waals surface area contributed by atoms with Crippen molar-refractivity contribution in [1.29, 1.82) is 0 Å². The number of anilines is 3. The Morgan fingerprint density at radius 2 is 1.85 bits per heavy atom. The monoisotopic (exact) mass is 364 g/mol. The quantitative estimate of drug-likeness (QED) is 0.702.